The second-order valence-electron chi connectivity index (χ2n) is 6.79. The molecule has 1 amide bonds. The van der Waals surface area contributed by atoms with E-state index in [0.717, 1.165) is 17.7 Å². The number of amides is 1. The van der Waals surface area contributed by atoms with Crippen molar-refractivity contribution in [2.75, 3.05) is 33.4 Å². The lowest BCUT2D eigenvalue weighted by Gasteiger charge is -2.25. The third kappa shape index (κ3) is 8.91. The van der Waals surface area contributed by atoms with Gasteiger partial charge in [-0.3, -0.25) is 9.59 Å². The van der Waals surface area contributed by atoms with Crippen molar-refractivity contribution in [2.24, 2.45) is 5.92 Å². The van der Waals surface area contributed by atoms with Gasteiger partial charge in [0.2, 0.25) is 5.91 Å². The summed E-state index contributed by atoms with van der Waals surface area (Å²) in [7, 11) is 1.36. The van der Waals surface area contributed by atoms with Gasteiger partial charge in [-0.15, -0.1) is 0 Å². The lowest BCUT2D eigenvalue weighted by Crippen LogP contribution is -2.39. The fourth-order valence-corrected chi connectivity index (χ4v) is 2.66. The van der Waals surface area contributed by atoms with E-state index in [9.17, 15) is 9.59 Å². The van der Waals surface area contributed by atoms with Gasteiger partial charge < -0.3 is 19.1 Å². The summed E-state index contributed by atoms with van der Waals surface area (Å²) in [6.45, 7) is 9.73. The van der Waals surface area contributed by atoms with Gasteiger partial charge in [0.1, 0.15) is 5.75 Å². The lowest BCUT2D eigenvalue weighted by molar-refractivity contribution is -0.146. The Morgan fingerprint density at radius 1 is 1.11 bits per heavy atom. The summed E-state index contributed by atoms with van der Waals surface area (Å²) in [5.74, 6) is 0.0905. The highest BCUT2D eigenvalue weighted by molar-refractivity contribution is 5.80. The van der Waals surface area contributed by atoms with E-state index in [-0.39, 0.29) is 30.3 Å². The number of hydrogen-bond acceptors (Lipinski definition) is 5. The van der Waals surface area contributed by atoms with E-state index >= 15 is 0 Å². The molecule has 1 aromatic carbocycles. The van der Waals surface area contributed by atoms with Gasteiger partial charge in [-0.1, -0.05) is 19.1 Å². The molecule has 0 bridgehead atoms. The number of carbonyl (C=O) groups excluding carboxylic acids is 2. The first-order valence-electron chi connectivity index (χ1n) is 9.56. The van der Waals surface area contributed by atoms with Crippen LogP contribution in [0.4, 0.5) is 0 Å². The fourth-order valence-electron chi connectivity index (χ4n) is 2.66. The molecular weight excluding hydrogens is 346 g/mol. The molecule has 0 aromatic heterocycles. The van der Waals surface area contributed by atoms with Crippen molar-refractivity contribution < 1.29 is 23.8 Å². The number of ether oxygens (including phenoxy) is 3. The first-order valence-corrected chi connectivity index (χ1v) is 9.56. The molecule has 6 heteroatoms. The van der Waals surface area contributed by atoms with Crippen LogP contribution >= 0.6 is 0 Å². The van der Waals surface area contributed by atoms with Crippen LogP contribution in [0.25, 0.3) is 0 Å². The second-order valence-corrected chi connectivity index (χ2v) is 6.79. The van der Waals surface area contributed by atoms with Crippen molar-refractivity contribution in [1.29, 1.82) is 0 Å². The standard InChI is InChI=1S/C21H33NO5/c1-6-26-19-10-8-18(9-11-19)14-20(23)22(12-7-13-27-16(2)3)15-17(4)21(24)25-5/h8-11,16-17H,6-7,12-15H2,1-5H3. The van der Waals surface area contributed by atoms with Crippen LogP contribution in [0.1, 0.15) is 39.7 Å². The van der Waals surface area contributed by atoms with Gasteiger partial charge in [0.05, 0.1) is 32.2 Å². The molecule has 1 aromatic rings. The highest BCUT2D eigenvalue weighted by atomic mass is 16.5. The Hall–Kier alpha value is -2.08. The maximum Gasteiger partial charge on any atom is 0.310 e. The minimum absolute atomic E-state index is 0.0144. The molecule has 0 saturated carbocycles. The summed E-state index contributed by atoms with van der Waals surface area (Å²) < 4.78 is 15.8. The zero-order valence-corrected chi connectivity index (χ0v) is 17.2. The second kappa shape index (κ2) is 12.3. The Labute approximate surface area is 162 Å². The van der Waals surface area contributed by atoms with Crippen LogP contribution in [-0.4, -0.2) is 56.3 Å². The summed E-state index contributed by atoms with van der Waals surface area (Å²) in [6, 6.07) is 7.52. The Balaban J connectivity index is 2.70. The first kappa shape index (κ1) is 23.0. The Kier molecular flexibility index (Phi) is 10.5. The summed E-state index contributed by atoms with van der Waals surface area (Å²) in [4.78, 5) is 26.3. The smallest absolute Gasteiger partial charge is 0.310 e. The normalized spacial score (nSPS) is 11.9. The average molecular weight is 379 g/mol. The van der Waals surface area contributed by atoms with Crippen molar-refractivity contribution in [3.63, 3.8) is 0 Å². The topological polar surface area (TPSA) is 65.1 Å². The molecule has 0 aliphatic rings. The maximum absolute atomic E-state index is 12.8. The number of carbonyl (C=O) groups is 2. The lowest BCUT2D eigenvalue weighted by atomic mass is 10.1. The summed E-state index contributed by atoms with van der Waals surface area (Å²) >= 11 is 0. The van der Waals surface area contributed by atoms with Gasteiger partial charge in [0.25, 0.3) is 0 Å². The van der Waals surface area contributed by atoms with Gasteiger partial charge in [0, 0.05) is 19.7 Å². The van der Waals surface area contributed by atoms with Gasteiger partial charge in [0.15, 0.2) is 0 Å². The molecule has 0 aliphatic carbocycles. The van der Waals surface area contributed by atoms with Crippen molar-refractivity contribution in [2.45, 2.75) is 46.6 Å². The summed E-state index contributed by atoms with van der Waals surface area (Å²) in [5, 5.41) is 0. The minimum Gasteiger partial charge on any atom is -0.494 e. The zero-order chi connectivity index (χ0) is 20.2. The zero-order valence-electron chi connectivity index (χ0n) is 17.2. The van der Waals surface area contributed by atoms with E-state index in [1.807, 2.05) is 45.0 Å². The molecule has 0 saturated heterocycles. The Morgan fingerprint density at radius 2 is 1.78 bits per heavy atom. The van der Waals surface area contributed by atoms with Crippen molar-refractivity contribution >= 4 is 11.9 Å². The monoisotopic (exact) mass is 379 g/mol. The molecule has 0 spiro atoms. The SMILES string of the molecule is CCOc1ccc(CC(=O)N(CCCOC(C)C)CC(C)C(=O)OC)cc1. The molecule has 0 aliphatic heterocycles. The molecule has 0 heterocycles. The predicted octanol–water partition coefficient (Wildman–Crippen LogP) is 3.08. The van der Waals surface area contributed by atoms with Crippen LogP contribution in [0, 0.1) is 5.92 Å². The highest BCUT2D eigenvalue weighted by Crippen LogP contribution is 2.14. The van der Waals surface area contributed by atoms with Gasteiger partial charge >= 0.3 is 5.97 Å². The van der Waals surface area contributed by atoms with E-state index in [1.165, 1.54) is 7.11 Å². The Morgan fingerprint density at radius 3 is 2.33 bits per heavy atom. The van der Waals surface area contributed by atoms with Gasteiger partial charge in [-0.25, -0.2) is 0 Å². The predicted molar refractivity (Wildman–Crippen MR) is 105 cm³/mol. The van der Waals surface area contributed by atoms with E-state index < -0.39 is 0 Å². The number of hydrogen-bond donors (Lipinski definition) is 0. The molecule has 0 fully saturated rings. The minimum atomic E-state index is -0.370. The number of rotatable bonds is 12. The van der Waals surface area contributed by atoms with E-state index in [4.69, 9.17) is 14.2 Å². The average Bonchev–Trinajstić information content (AvgIpc) is 2.64. The molecule has 0 radical (unpaired) electrons. The molecule has 0 N–H and O–H groups in total. The van der Waals surface area contributed by atoms with Gasteiger partial charge in [-0.2, -0.15) is 0 Å². The Bertz CT molecular complexity index is 570. The molecule has 152 valence electrons. The molecule has 27 heavy (non-hydrogen) atoms. The summed E-state index contributed by atoms with van der Waals surface area (Å²) in [6.07, 6.45) is 1.17. The molecular formula is C21H33NO5. The fraction of sp³-hybridized carbons (Fsp3) is 0.619. The molecule has 1 atom stereocenters. The van der Waals surface area contributed by atoms with E-state index in [2.05, 4.69) is 0 Å². The highest BCUT2D eigenvalue weighted by Gasteiger charge is 2.21. The van der Waals surface area contributed by atoms with Crippen LogP contribution in [0.3, 0.4) is 0 Å². The van der Waals surface area contributed by atoms with Crippen LogP contribution in [0.15, 0.2) is 24.3 Å². The van der Waals surface area contributed by atoms with Gasteiger partial charge in [-0.05, 0) is 44.9 Å². The molecule has 1 rings (SSSR count). The van der Waals surface area contributed by atoms with Crippen LogP contribution in [-0.2, 0) is 25.5 Å². The number of benzene rings is 1. The molecule has 1 unspecified atom stereocenters. The quantitative estimate of drug-likeness (QED) is 0.412. The largest absolute Gasteiger partial charge is 0.494 e. The van der Waals surface area contributed by atoms with Crippen LogP contribution < -0.4 is 4.74 Å². The van der Waals surface area contributed by atoms with Crippen LogP contribution in [0.5, 0.6) is 5.75 Å². The summed E-state index contributed by atoms with van der Waals surface area (Å²) in [5.41, 5.74) is 0.914. The van der Waals surface area contributed by atoms with Crippen LogP contribution in [0.2, 0.25) is 0 Å². The maximum atomic E-state index is 12.8. The van der Waals surface area contributed by atoms with Crippen molar-refractivity contribution in [3.8, 4) is 5.75 Å². The van der Waals surface area contributed by atoms with Crippen molar-refractivity contribution in [3.05, 3.63) is 29.8 Å². The molecule has 6 nitrogen and oxygen atoms in total. The number of esters is 1. The van der Waals surface area contributed by atoms with Crippen molar-refractivity contribution in [1.82, 2.24) is 4.90 Å². The van der Waals surface area contributed by atoms with E-state index in [1.54, 1.807) is 11.8 Å². The number of nitrogens with zero attached hydrogens (tertiary/aromatic N) is 1. The first-order chi connectivity index (χ1) is 12.9. The number of methoxy groups -OCH3 is 1. The third-order valence-electron chi connectivity index (χ3n) is 4.06. The van der Waals surface area contributed by atoms with E-state index in [0.29, 0.717) is 26.3 Å². The third-order valence-corrected chi connectivity index (χ3v) is 4.06.